The highest BCUT2D eigenvalue weighted by Gasteiger charge is 2.29. The van der Waals surface area contributed by atoms with Crippen LogP contribution >= 0.6 is 0 Å². The smallest absolute Gasteiger partial charge is 0.410 e. The van der Waals surface area contributed by atoms with Crippen molar-refractivity contribution in [3.8, 4) is 0 Å². The van der Waals surface area contributed by atoms with Crippen LogP contribution < -0.4 is 10.6 Å². The third-order valence-electron chi connectivity index (χ3n) is 4.00. The van der Waals surface area contributed by atoms with Crippen molar-refractivity contribution in [1.82, 2.24) is 10.2 Å². The molecule has 1 aromatic carbocycles. The number of nitrogens with zero attached hydrogens (tertiary/aromatic N) is 1. The minimum atomic E-state index is -0.530. The van der Waals surface area contributed by atoms with Crippen molar-refractivity contribution in [3.05, 3.63) is 30.3 Å². The van der Waals surface area contributed by atoms with Crippen molar-refractivity contribution in [2.24, 2.45) is 5.92 Å². The number of piperidine rings is 1. The summed E-state index contributed by atoms with van der Waals surface area (Å²) in [7, 11) is 0. The van der Waals surface area contributed by atoms with E-state index in [2.05, 4.69) is 10.6 Å². The molecule has 7 heteroatoms. The second kappa shape index (κ2) is 8.69. The second-order valence-corrected chi connectivity index (χ2v) is 7.37. The van der Waals surface area contributed by atoms with Crippen molar-refractivity contribution < 1.29 is 19.1 Å². The lowest BCUT2D eigenvalue weighted by molar-refractivity contribution is -0.128. The van der Waals surface area contributed by atoms with Gasteiger partial charge in [-0.25, -0.2) is 4.79 Å². The summed E-state index contributed by atoms with van der Waals surface area (Å²) in [5, 5.41) is 5.39. The molecule has 142 valence electrons. The summed E-state index contributed by atoms with van der Waals surface area (Å²) in [6.45, 7) is 6.36. The van der Waals surface area contributed by atoms with E-state index in [9.17, 15) is 14.4 Å². The molecule has 0 aromatic heterocycles. The number of hydrogen-bond acceptors (Lipinski definition) is 4. The summed E-state index contributed by atoms with van der Waals surface area (Å²) in [5.74, 6) is -0.619. The number of likely N-dealkylation sites (tertiary alicyclic amines) is 1. The van der Waals surface area contributed by atoms with E-state index < -0.39 is 5.60 Å². The van der Waals surface area contributed by atoms with E-state index in [1.54, 1.807) is 17.0 Å². The Balaban J connectivity index is 1.71. The van der Waals surface area contributed by atoms with Crippen LogP contribution in [0.2, 0.25) is 0 Å². The lowest BCUT2D eigenvalue weighted by Crippen LogP contribution is -2.45. The van der Waals surface area contributed by atoms with Crippen LogP contribution in [0.15, 0.2) is 30.3 Å². The van der Waals surface area contributed by atoms with Gasteiger partial charge in [-0.1, -0.05) is 18.2 Å². The predicted molar refractivity (Wildman–Crippen MR) is 98.6 cm³/mol. The summed E-state index contributed by atoms with van der Waals surface area (Å²) >= 11 is 0. The van der Waals surface area contributed by atoms with E-state index in [4.69, 9.17) is 4.74 Å². The van der Waals surface area contributed by atoms with Gasteiger partial charge in [0.05, 0.1) is 6.54 Å². The van der Waals surface area contributed by atoms with Crippen molar-refractivity contribution in [2.75, 3.05) is 25.0 Å². The normalized spacial score (nSPS) is 15.3. The Morgan fingerprint density at radius 2 is 1.73 bits per heavy atom. The van der Waals surface area contributed by atoms with Gasteiger partial charge in [-0.05, 0) is 45.7 Å². The first kappa shape index (κ1) is 19.8. The van der Waals surface area contributed by atoms with E-state index >= 15 is 0 Å². The Morgan fingerprint density at radius 3 is 2.31 bits per heavy atom. The molecule has 3 amide bonds. The standard InChI is InChI=1S/C19H27N3O4/c1-19(2,3)26-18(25)22-11-9-14(10-12-22)17(24)20-13-16(23)21-15-7-5-4-6-8-15/h4-8,14H,9-13H2,1-3H3,(H,20,24)(H,21,23). The number of para-hydroxylation sites is 1. The molecule has 0 spiro atoms. The fraction of sp³-hybridized carbons (Fsp3) is 0.526. The van der Waals surface area contributed by atoms with Crippen LogP contribution in [0.4, 0.5) is 10.5 Å². The Bertz CT molecular complexity index is 632. The maximum Gasteiger partial charge on any atom is 0.410 e. The zero-order valence-corrected chi connectivity index (χ0v) is 15.6. The molecular formula is C19H27N3O4. The molecule has 0 radical (unpaired) electrons. The molecule has 0 atom stereocenters. The highest BCUT2D eigenvalue weighted by atomic mass is 16.6. The molecule has 1 saturated heterocycles. The van der Waals surface area contributed by atoms with Gasteiger partial charge in [0, 0.05) is 24.7 Å². The van der Waals surface area contributed by atoms with Gasteiger partial charge in [0.15, 0.2) is 0 Å². The second-order valence-electron chi connectivity index (χ2n) is 7.37. The van der Waals surface area contributed by atoms with Gasteiger partial charge in [0.25, 0.3) is 0 Å². The molecule has 1 fully saturated rings. The zero-order valence-electron chi connectivity index (χ0n) is 15.6. The molecule has 1 aromatic rings. The van der Waals surface area contributed by atoms with E-state index in [0.717, 1.165) is 0 Å². The molecule has 0 saturated carbocycles. The number of hydrogen-bond donors (Lipinski definition) is 2. The Hall–Kier alpha value is -2.57. The average Bonchev–Trinajstić information content (AvgIpc) is 2.59. The van der Waals surface area contributed by atoms with Gasteiger partial charge in [0.2, 0.25) is 11.8 Å². The summed E-state index contributed by atoms with van der Waals surface area (Å²) in [5.41, 5.74) is 0.162. The Morgan fingerprint density at radius 1 is 1.12 bits per heavy atom. The number of ether oxygens (including phenoxy) is 1. The number of carbonyl (C=O) groups excluding carboxylic acids is 3. The first-order valence-electron chi connectivity index (χ1n) is 8.85. The first-order chi connectivity index (χ1) is 12.2. The number of benzene rings is 1. The SMILES string of the molecule is CC(C)(C)OC(=O)N1CCC(C(=O)NCC(=O)Nc2ccccc2)CC1. The monoisotopic (exact) mass is 361 g/mol. The largest absolute Gasteiger partial charge is 0.444 e. The Labute approximate surface area is 154 Å². The molecule has 2 rings (SSSR count). The van der Waals surface area contributed by atoms with Crippen LogP contribution in [0, 0.1) is 5.92 Å². The van der Waals surface area contributed by atoms with Crippen LogP contribution in [0.1, 0.15) is 33.6 Å². The van der Waals surface area contributed by atoms with E-state index in [-0.39, 0.29) is 30.4 Å². The van der Waals surface area contributed by atoms with Crippen LogP contribution in [-0.4, -0.2) is 48.0 Å². The minimum absolute atomic E-state index is 0.0694. The fourth-order valence-electron chi connectivity index (χ4n) is 2.69. The fourth-order valence-corrected chi connectivity index (χ4v) is 2.69. The quantitative estimate of drug-likeness (QED) is 0.862. The van der Waals surface area contributed by atoms with Gasteiger partial charge in [0.1, 0.15) is 5.60 Å². The summed E-state index contributed by atoms with van der Waals surface area (Å²) in [4.78, 5) is 37.8. The molecule has 0 unspecified atom stereocenters. The van der Waals surface area contributed by atoms with Crippen LogP contribution in [0.25, 0.3) is 0 Å². The van der Waals surface area contributed by atoms with E-state index in [1.165, 1.54) is 0 Å². The molecule has 2 N–H and O–H groups in total. The van der Waals surface area contributed by atoms with Crippen LogP contribution in [0.5, 0.6) is 0 Å². The van der Waals surface area contributed by atoms with Crippen molar-refractivity contribution in [1.29, 1.82) is 0 Å². The first-order valence-corrected chi connectivity index (χ1v) is 8.85. The predicted octanol–water partition coefficient (Wildman–Crippen LogP) is 2.39. The van der Waals surface area contributed by atoms with E-state index in [0.29, 0.717) is 31.6 Å². The number of carbonyl (C=O) groups is 3. The molecule has 1 heterocycles. The maximum atomic E-state index is 12.2. The number of rotatable bonds is 4. The number of amides is 3. The van der Waals surface area contributed by atoms with Gasteiger partial charge in [-0.3, -0.25) is 9.59 Å². The highest BCUT2D eigenvalue weighted by molar-refractivity contribution is 5.94. The topological polar surface area (TPSA) is 87.7 Å². The molecule has 0 bridgehead atoms. The molecule has 1 aliphatic rings. The number of nitrogens with one attached hydrogen (secondary N) is 2. The van der Waals surface area contributed by atoms with Gasteiger partial charge < -0.3 is 20.3 Å². The third kappa shape index (κ3) is 6.38. The Kier molecular flexibility index (Phi) is 6.60. The molecule has 7 nitrogen and oxygen atoms in total. The van der Waals surface area contributed by atoms with Crippen molar-refractivity contribution >= 4 is 23.6 Å². The lowest BCUT2D eigenvalue weighted by Gasteiger charge is -2.32. The lowest BCUT2D eigenvalue weighted by atomic mass is 9.96. The minimum Gasteiger partial charge on any atom is -0.444 e. The highest BCUT2D eigenvalue weighted by Crippen LogP contribution is 2.19. The van der Waals surface area contributed by atoms with Gasteiger partial charge in [-0.15, -0.1) is 0 Å². The summed E-state index contributed by atoms with van der Waals surface area (Å²) in [6, 6.07) is 9.08. The van der Waals surface area contributed by atoms with Crippen molar-refractivity contribution in [2.45, 2.75) is 39.2 Å². The summed E-state index contributed by atoms with van der Waals surface area (Å²) < 4.78 is 5.34. The zero-order chi connectivity index (χ0) is 19.2. The van der Waals surface area contributed by atoms with Gasteiger partial charge >= 0.3 is 6.09 Å². The number of anilines is 1. The van der Waals surface area contributed by atoms with E-state index in [1.807, 2.05) is 39.0 Å². The van der Waals surface area contributed by atoms with Crippen molar-refractivity contribution in [3.63, 3.8) is 0 Å². The molecule has 1 aliphatic heterocycles. The maximum absolute atomic E-state index is 12.2. The molecule has 26 heavy (non-hydrogen) atoms. The van der Waals surface area contributed by atoms with Gasteiger partial charge in [-0.2, -0.15) is 0 Å². The molecular weight excluding hydrogens is 334 g/mol. The van der Waals surface area contributed by atoms with Crippen LogP contribution in [-0.2, 0) is 14.3 Å². The molecule has 0 aliphatic carbocycles. The third-order valence-corrected chi connectivity index (χ3v) is 4.00. The summed E-state index contributed by atoms with van der Waals surface area (Å²) in [6.07, 6.45) is 0.773. The van der Waals surface area contributed by atoms with Crippen LogP contribution in [0.3, 0.4) is 0 Å². The average molecular weight is 361 g/mol.